The highest BCUT2D eigenvalue weighted by molar-refractivity contribution is 5.88. The minimum absolute atomic E-state index is 0.0963. The Labute approximate surface area is 98.0 Å². The second-order valence-electron chi connectivity index (χ2n) is 3.08. The molecule has 0 aliphatic rings. The van der Waals surface area contributed by atoms with E-state index < -0.39 is 11.0 Å². The maximum absolute atomic E-state index is 11.2. The number of hydrogen-bond donors (Lipinski definition) is 1. The summed E-state index contributed by atoms with van der Waals surface area (Å²) >= 11 is 0. The summed E-state index contributed by atoms with van der Waals surface area (Å²) in [5.74, 6) is 0. The molecular formula is C11H12N2O4. The van der Waals surface area contributed by atoms with Gasteiger partial charge in [0.1, 0.15) is 5.69 Å². The molecule has 0 heterocycles. The summed E-state index contributed by atoms with van der Waals surface area (Å²) < 4.78 is 4.64. The summed E-state index contributed by atoms with van der Waals surface area (Å²) in [4.78, 5) is 21.4. The normalized spacial score (nSPS) is 9.47. The fraction of sp³-hybridized carbons (Fsp3) is 0.182. The number of nitrogens with one attached hydrogen (secondary N) is 1. The first-order valence-corrected chi connectivity index (χ1v) is 4.93. The summed E-state index contributed by atoms with van der Waals surface area (Å²) in [6.45, 7) is 5.36. The van der Waals surface area contributed by atoms with Crippen LogP contribution >= 0.6 is 0 Å². The molecule has 90 valence electrons. The molecule has 0 aromatic heterocycles. The van der Waals surface area contributed by atoms with Gasteiger partial charge in [-0.15, -0.1) is 0 Å². The SMILES string of the molecule is C=Cc1ccc(NC(=O)OCC)c([N+](=O)[O-])c1. The number of nitro groups is 1. The number of anilines is 1. The maximum atomic E-state index is 11.2. The van der Waals surface area contributed by atoms with Gasteiger partial charge in [0.2, 0.25) is 0 Å². The van der Waals surface area contributed by atoms with E-state index in [9.17, 15) is 14.9 Å². The molecule has 1 aromatic carbocycles. The first kappa shape index (κ1) is 12.7. The van der Waals surface area contributed by atoms with Crippen LogP contribution in [0.5, 0.6) is 0 Å². The smallest absolute Gasteiger partial charge is 0.411 e. The molecule has 0 aliphatic heterocycles. The molecule has 0 saturated heterocycles. The standard InChI is InChI=1S/C11H12N2O4/c1-3-8-5-6-9(10(7-8)13(15)16)12-11(14)17-4-2/h3,5-7H,1,4H2,2H3,(H,12,14). The van der Waals surface area contributed by atoms with E-state index in [4.69, 9.17) is 0 Å². The van der Waals surface area contributed by atoms with Crippen molar-refractivity contribution < 1.29 is 14.5 Å². The van der Waals surface area contributed by atoms with Crippen molar-refractivity contribution in [2.45, 2.75) is 6.92 Å². The number of nitrogens with zero attached hydrogens (tertiary/aromatic N) is 1. The molecule has 0 bridgehead atoms. The second-order valence-corrected chi connectivity index (χ2v) is 3.08. The van der Waals surface area contributed by atoms with Gasteiger partial charge < -0.3 is 4.74 Å². The molecule has 17 heavy (non-hydrogen) atoms. The lowest BCUT2D eigenvalue weighted by atomic mass is 10.1. The minimum atomic E-state index is -0.720. The van der Waals surface area contributed by atoms with Gasteiger partial charge in [-0.2, -0.15) is 0 Å². The number of nitro benzene ring substituents is 1. The maximum Gasteiger partial charge on any atom is 0.411 e. The average molecular weight is 236 g/mol. The molecule has 0 radical (unpaired) electrons. The molecule has 1 amide bonds. The number of rotatable bonds is 4. The number of carbonyl (C=O) groups is 1. The van der Waals surface area contributed by atoms with Gasteiger partial charge in [0, 0.05) is 6.07 Å². The first-order valence-electron chi connectivity index (χ1n) is 4.93. The topological polar surface area (TPSA) is 81.5 Å². The Kier molecular flexibility index (Phi) is 4.21. The highest BCUT2D eigenvalue weighted by Crippen LogP contribution is 2.26. The molecule has 0 spiro atoms. The van der Waals surface area contributed by atoms with E-state index in [1.54, 1.807) is 13.0 Å². The molecule has 1 aromatic rings. The third kappa shape index (κ3) is 3.30. The van der Waals surface area contributed by atoms with E-state index in [-0.39, 0.29) is 18.0 Å². The molecule has 0 fully saturated rings. The van der Waals surface area contributed by atoms with Crippen molar-refractivity contribution in [2.75, 3.05) is 11.9 Å². The lowest BCUT2D eigenvalue weighted by Crippen LogP contribution is -2.14. The van der Waals surface area contributed by atoms with Crippen molar-refractivity contribution in [3.8, 4) is 0 Å². The molecule has 0 unspecified atom stereocenters. The monoisotopic (exact) mass is 236 g/mol. The predicted molar refractivity (Wildman–Crippen MR) is 63.8 cm³/mol. The van der Waals surface area contributed by atoms with E-state index in [1.165, 1.54) is 18.2 Å². The van der Waals surface area contributed by atoms with Crippen molar-refractivity contribution in [1.29, 1.82) is 0 Å². The van der Waals surface area contributed by atoms with E-state index in [0.717, 1.165) is 0 Å². The molecule has 0 aliphatic carbocycles. The van der Waals surface area contributed by atoms with Crippen LogP contribution in [0.3, 0.4) is 0 Å². The van der Waals surface area contributed by atoms with Crippen molar-refractivity contribution in [2.24, 2.45) is 0 Å². The van der Waals surface area contributed by atoms with Gasteiger partial charge in [0.05, 0.1) is 11.5 Å². The Hall–Kier alpha value is -2.37. The summed E-state index contributed by atoms with van der Waals surface area (Å²) in [6.07, 6.45) is 0.767. The van der Waals surface area contributed by atoms with Crippen molar-refractivity contribution in [3.05, 3.63) is 40.5 Å². The molecule has 6 nitrogen and oxygen atoms in total. The largest absolute Gasteiger partial charge is 0.450 e. The van der Waals surface area contributed by atoms with Gasteiger partial charge in [-0.25, -0.2) is 4.79 Å². The Morgan fingerprint density at radius 2 is 2.35 bits per heavy atom. The zero-order chi connectivity index (χ0) is 12.8. The Morgan fingerprint density at radius 3 is 2.88 bits per heavy atom. The third-order valence-corrected chi connectivity index (χ3v) is 1.97. The fourth-order valence-electron chi connectivity index (χ4n) is 1.21. The highest BCUT2D eigenvalue weighted by atomic mass is 16.6. The number of carbonyl (C=O) groups excluding carboxylic acids is 1. The van der Waals surface area contributed by atoms with Crippen molar-refractivity contribution in [3.63, 3.8) is 0 Å². The minimum Gasteiger partial charge on any atom is -0.450 e. The average Bonchev–Trinajstić information content (AvgIpc) is 2.29. The number of benzene rings is 1. The van der Waals surface area contributed by atoms with Crippen LogP contribution in [-0.4, -0.2) is 17.6 Å². The van der Waals surface area contributed by atoms with Crippen molar-refractivity contribution >= 4 is 23.5 Å². The van der Waals surface area contributed by atoms with Crippen LogP contribution in [0.15, 0.2) is 24.8 Å². The Morgan fingerprint density at radius 1 is 1.65 bits per heavy atom. The predicted octanol–water partition coefficient (Wildman–Crippen LogP) is 2.81. The number of amides is 1. The number of hydrogen-bond acceptors (Lipinski definition) is 4. The van der Waals surface area contributed by atoms with E-state index in [2.05, 4.69) is 16.6 Å². The van der Waals surface area contributed by atoms with Gasteiger partial charge in [-0.1, -0.05) is 18.7 Å². The van der Waals surface area contributed by atoms with Gasteiger partial charge in [-0.05, 0) is 18.6 Å². The van der Waals surface area contributed by atoms with E-state index in [0.29, 0.717) is 5.56 Å². The summed E-state index contributed by atoms with van der Waals surface area (Å²) in [5.41, 5.74) is 0.501. The molecule has 1 rings (SSSR count). The lowest BCUT2D eigenvalue weighted by molar-refractivity contribution is -0.383. The van der Waals surface area contributed by atoms with Gasteiger partial charge in [-0.3, -0.25) is 15.4 Å². The molecule has 6 heteroatoms. The zero-order valence-electron chi connectivity index (χ0n) is 9.30. The lowest BCUT2D eigenvalue weighted by Gasteiger charge is -2.06. The summed E-state index contributed by atoms with van der Waals surface area (Å²) in [5, 5.41) is 13.1. The second kappa shape index (κ2) is 5.64. The van der Waals surface area contributed by atoms with Gasteiger partial charge in [0.25, 0.3) is 5.69 Å². The Balaban J connectivity index is 3.02. The molecule has 0 saturated carbocycles. The van der Waals surface area contributed by atoms with Crippen LogP contribution in [0, 0.1) is 10.1 Å². The van der Waals surface area contributed by atoms with Crippen LogP contribution < -0.4 is 5.32 Å². The van der Waals surface area contributed by atoms with Gasteiger partial charge in [0.15, 0.2) is 0 Å². The van der Waals surface area contributed by atoms with Crippen LogP contribution in [0.1, 0.15) is 12.5 Å². The van der Waals surface area contributed by atoms with E-state index >= 15 is 0 Å². The number of ether oxygens (including phenoxy) is 1. The van der Waals surface area contributed by atoms with Crippen LogP contribution in [0.2, 0.25) is 0 Å². The zero-order valence-corrected chi connectivity index (χ0v) is 9.30. The van der Waals surface area contributed by atoms with Crippen LogP contribution in [0.4, 0.5) is 16.2 Å². The molecule has 1 N–H and O–H groups in total. The highest BCUT2D eigenvalue weighted by Gasteiger charge is 2.16. The van der Waals surface area contributed by atoms with Crippen LogP contribution in [-0.2, 0) is 4.74 Å². The molecule has 0 atom stereocenters. The van der Waals surface area contributed by atoms with Crippen LogP contribution in [0.25, 0.3) is 6.08 Å². The third-order valence-electron chi connectivity index (χ3n) is 1.97. The summed E-state index contributed by atoms with van der Waals surface area (Å²) in [6, 6.07) is 4.38. The van der Waals surface area contributed by atoms with E-state index in [1.807, 2.05) is 0 Å². The quantitative estimate of drug-likeness (QED) is 0.643. The van der Waals surface area contributed by atoms with Crippen molar-refractivity contribution in [1.82, 2.24) is 0 Å². The Bertz CT molecular complexity index is 457. The fourth-order valence-corrected chi connectivity index (χ4v) is 1.21. The molecular weight excluding hydrogens is 224 g/mol. The first-order chi connectivity index (χ1) is 8.08. The van der Waals surface area contributed by atoms with Gasteiger partial charge >= 0.3 is 6.09 Å². The summed E-state index contributed by atoms with van der Waals surface area (Å²) in [7, 11) is 0.